The standard InChI is InChI=1S/C35H33N5O3S/c1-22-20-28(23(2)40(22)26-13-8-12-25(21-26)34(42)43-3)33-32(30-15-6-7-18-36-30)38-35(44)39(33)19-17-31(41)37-29-16-9-11-24-10-4-5-14-27(24)29/h4-16,18,20-21,32-33H,17,19H2,1-3H3,(H,37,41)(H,38,44). The lowest BCUT2D eigenvalue weighted by Gasteiger charge is -2.28. The van der Waals surface area contributed by atoms with Crippen LogP contribution in [0.5, 0.6) is 0 Å². The normalized spacial score (nSPS) is 16.2. The lowest BCUT2D eigenvalue weighted by atomic mass is 9.96. The number of rotatable bonds is 8. The zero-order chi connectivity index (χ0) is 30.8. The topological polar surface area (TPSA) is 88.5 Å². The summed E-state index contributed by atoms with van der Waals surface area (Å²) in [5, 5.41) is 9.23. The number of hydrogen-bond donors (Lipinski definition) is 2. The van der Waals surface area contributed by atoms with Crippen LogP contribution in [0.15, 0.2) is 97.2 Å². The maximum absolute atomic E-state index is 13.3. The number of aryl methyl sites for hydroxylation is 1. The molecule has 2 N–H and O–H groups in total. The van der Waals surface area contributed by atoms with Crippen LogP contribution in [-0.2, 0) is 9.53 Å². The molecule has 0 aliphatic carbocycles. The van der Waals surface area contributed by atoms with E-state index in [1.807, 2.05) is 85.8 Å². The smallest absolute Gasteiger partial charge is 0.337 e. The van der Waals surface area contributed by atoms with Crippen molar-refractivity contribution in [2.75, 3.05) is 19.0 Å². The number of aromatic nitrogens is 2. The molecule has 1 fully saturated rings. The highest BCUT2D eigenvalue weighted by atomic mass is 32.1. The van der Waals surface area contributed by atoms with Crippen molar-refractivity contribution in [2.24, 2.45) is 0 Å². The molecule has 1 amide bonds. The molecule has 0 radical (unpaired) electrons. The summed E-state index contributed by atoms with van der Waals surface area (Å²) in [6.45, 7) is 4.52. The molecule has 2 aromatic heterocycles. The summed E-state index contributed by atoms with van der Waals surface area (Å²) in [6, 6.07) is 28.9. The third kappa shape index (κ3) is 5.54. The monoisotopic (exact) mass is 603 g/mol. The first-order chi connectivity index (χ1) is 21.4. The van der Waals surface area contributed by atoms with Crippen molar-refractivity contribution < 1.29 is 14.3 Å². The van der Waals surface area contributed by atoms with E-state index in [0.29, 0.717) is 17.2 Å². The average molecular weight is 604 g/mol. The fraction of sp³-hybridized carbons (Fsp3) is 0.200. The molecule has 3 aromatic carbocycles. The Bertz CT molecular complexity index is 1860. The van der Waals surface area contributed by atoms with Gasteiger partial charge in [-0.1, -0.05) is 48.5 Å². The second-order valence-corrected chi connectivity index (χ2v) is 11.2. The Kier molecular flexibility index (Phi) is 8.13. The van der Waals surface area contributed by atoms with Gasteiger partial charge in [0.1, 0.15) is 0 Å². The Morgan fingerprint density at radius 2 is 1.75 bits per heavy atom. The van der Waals surface area contributed by atoms with Gasteiger partial charge in [-0.3, -0.25) is 9.78 Å². The molecule has 1 aliphatic rings. The van der Waals surface area contributed by atoms with Crippen LogP contribution < -0.4 is 10.6 Å². The summed E-state index contributed by atoms with van der Waals surface area (Å²) < 4.78 is 7.08. The predicted octanol–water partition coefficient (Wildman–Crippen LogP) is 6.43. The third-order valence-electron chi connectivity index (χ3n) is 8.16. The number of ether oxygens (including phenoxy) is 1. The highest BCUT2D eigenvalue weighted by molar-refractivity contribution is 7.80. The van der Waals surface area contributed by atoms with Crippen molar-refractivity contribution in [1.82, 2.24) is 19.8 Å². The number of esters is 1. The lowest BCUT2D eigenvalue weighted by molar-refractivity contribution is -0.116. The highest BCUT2D eigenvalue weighted by Crippen LogP contribution is 2.41. The summed E-state index contributed by atoms with van der Waals surface area (Å²) in [6.07, 6.45) is 2.02. The number of pyridine rings is 1. The maximum Gasteiger partial charge on any atom is 0.337 e. The van der Waals surface area contributed by atoms with E-state index in [9.17, 15) is 9.59 Å². The number of anilines is 1. The van der Waals surface area contributed by atoms with Crippen LogP contribution in [0.3, 0.4) is 0 Å². The molecule has 6 rings (SSSR count). The van der Waals surface area contributed by atoms with Crippen molar-refractivity contribution in [2.45, 2.75) is 32.4 Å². The number of methoxy groups -OCH3 is 1. The summed E-state index contributed by atoms with van der Waals surface area (Å²) in [4.78, 5) is 32.3. The van der Waals surface area contributed by atoms with E-state index in [1.165, 1.54) is 7.11 Å². The Morgan fingerprint density at radius 3 is 2.55 bits per heavy atom. The van der Waals surface area contributed by atoms with Gasteiger partial charge >= 0.3 is 5.97 Å². The van der Waals surface area contributed by atoms with Crippen LogP contribution in [0.25, 0.3) is 16.5 Å². The quantitative estimate of drug-likeness (QED) is 0.156. The highest BCUT2D eigenvalue weighted by Gasteiger charge is 2.41. The fourth-order valence-electron chi connectivity index (χ4n) is 6.13. The van der Waals surface area contributed by atoms with Crippen molar-refractivity contribution >= 4 is 45.7 Å². The van der Waals surface area contributed by atoms with Crippen LogP contribution >= 0.6 is 12.2 Å². The summed E-state index contributed by atoms with van der Waals surface area (Å²) in [7, 11) is 1.38. The van der Waals surface area contributed by atoms with E-state index >= 15 is 0 Å². The van der Waals surface area contributed by atoms with Gasteiger partial charge in [0, 0.05) is 47.3 Å². The molecule has 0 bridgehead atoms. The van der Waals surface area contributed by atoms with E-state index in [0.717, 1.165) is 44.8 Å². The summed E-state index contributed by atoms with van der Waals surface area (Å²) in [5.41, 5.74) is 6.06. The van der Waals surface area contributed by atoms with E-state index in [1.54, 1.807) is 12.3 Å². The van der Waals surface area contributed by atoms with Gasteiger partial charge in [-0.05, 0) is 79.5 Å². The molecule has 1 saturated heterocycles. The van der Waals surface area contributed by atoms with Gasteiger partial charge in [-0.15, -0.1) is 0 Å². The van der Waals surface area contributed by atoms with Gasteiger partial charge < -0.3 is 24.8 Å². The van der Waals surface area contributed by atoms with Crippen molar-refractivity contribution in [3.63, 3.8) is 0 Å². The van der Waals surface area contributed by atoms with Crippen LogP contribution in [0.2, 0.25) is 0 Å². The van der Waals surface area contributed by atoms with E-state index in [4.69, 9.17) is 17.0 Å². The minimum atomic E-state index is -0.386. The van der Waals surface area contributed by atoms with Crippen LogP contribution in [-0.4, -0.2) is 45.1 Å². The molecule has 8 nitrogen and oxygen atoms in total. The number of carbonyl (C=O) groups is 2. The minimum Gasteiger partial charge on any atom is -0.465 e. The second kappa shape index (κ2) is 12.3. The van der Waals surface area contributed by atoms with Crippen molar-refractivity contribution in [3.05, 3.63) is 125 Å². The lowest BCUT2D eigenvalue weighted by Crippen LogP contribution is -2.33. The Labute approximate surface area is 261 Å². The predicted molar refractivity (Wildman–Crippen MR) is 176 cm³/mol. The van der Waals surface area contributed by atoms with E-state index in [-0.39, 0.29) is 30.4 Å². The van der Waals surface area contributed by atoms with Gasteiger partial charge in [-0.2, -0.15) is 0 Å². The van der Waals surface area contributed by atoms with E-state index in [2.05, 4.69) is 38.1 Å². The van der Waals surface area contributed by atoms with Gasteiger partial charge in [0.15, 0.2) is 5.11 Å². The number of carbonyl (C=O) groups excluding carboxylic acids is 2. The van der Waals surface area contributed by atoms with Gasteiger partial charge in [0.25, 0.3) is 0 Å². The summed E-state index contributed by atoms with van der Waals surface area (Å²) >= 11 is 5.87. The molecule has 0 spiro atoms. The van der Waals surface area contributed by atoms with Gasteiger partial charge in [-0.25, -0.2) is 4.79 Å². The number of nitrogens with zero attached hydrogens (tertiary/aromatic N) is 3. The number of hydrogen-bond acceptors (Lipinski definition) is 5. The molecule has 44 heavy (non-hydrogen) atoms. The van der Waals surface area contributed by atoms with Gasteiger partial charge in [0.05, 0.1) is 30.5 Å². The third-order valence-corrected chi connectivity index (χ3v) is 8.51. The maximum atomic E-state index is 13.3. The molecule has 3 heterocycles. The molecule has 222 valence electrons. The molecule has 2 atom stereocenters. The minimum absolute atomic E-state index is 0.0886. The van der Waals surface area contributed by atoms with Crippen LogP contribution in [0.4, 0.5) is 5.69 Å². The van der Waals surface area contributed by atoms with Crippen LogP contribution in [0, 0.1) is 13.8 Å². The molecular weight excluding hydrogens is 570 g/mol. The SMILES string of the molecule is COC(=O)c1cccc(-n2c(C)cc(C3C(c4ccccn4)NC(=S)N3CCC(=O)Nc3cccc4ccccc34)c2C)c1. The van der Waals surface area contributed by atoms with E-state index < -0.39 is 0 Å². The molecule has 5 aromatic rings. The first kappa shape index (κ1) is 29.1. The molecular formula is C35H33N5O3S. The molecule has 9 heteroatoms. The number of nitrogens with one attached hydrogen (secondary N) is 2. The zero-order valence-electron chi connectivity index (χ0n) is 24.8. The van der Waals surface area contributed by atoms with Crippen molar-refractivity contribution in [3.8, 4) is 5.69 Å². The van der Waals surface area contributed by atoms with Crippen LogP contribution in [0.1, 0.15) is 51.5 Å². The van der Waals surface area contributed by atoms with Crippen molar-refractivity contribution in [1.29, 1.82) is 0 Å². The number of fused-ring (bicyclic) bond motifs is 1. The first-order valence-corrected chi connectivity index (χ1v) is 14.9. The molecule has 2 unspecified atom stereocenters. The zero-order valence-corrected chi connectivity index (χ0v) is 25.6. The number of thiocarbonyl (C=S) groups is 1. The fourth-order valence-corrected chi connectivity index (χ4v) is 6.46. The molecule has 1 aliphatic heterocycles. The average Bonchev–Trinajstić information content (AvgIpc) is 3.53. The number of benzene rings is 3. The largest absolute Gasteiger partial charge is 0.465 e. The number of amides is 1. The Balaban J connectivity index is 1.32. The Morgan fingerprint density at radius 1 is 0.977 bits per heavy atom. The Hall–Kier alpha value is -5.02. The summed E-state index contributed by atoms with van der Waals surface area (Å²) in [5.74, 6) is -0.475. The molecule has 0 saturated carbocycles. The first-order valence-electron chi connectivity index (χ1n) is 14.5. The van der Waals surface area contributed by atoms with Gasteiger partial charge in [0.2, 0.25) is 5.91 Å². The second-order valence-electron chi connectivity index (χ2n) is 10.8.